The Bertz CT molecular complexity index is 1310. The van der Waals surface area contributed by atoms with Crippen molar-refractivity contribution in [2.75, 3.05) is 17.4 Å². The van der Waals surface area contributed by atoms with Gasteiger partial charge in [-0.2, -0.15) is 0 Å². The number of benzene rings is 3. The number of rotatable bonds is 12. The molecule has 3 aromatic carbocycles. The van der Waals surface area contributed by atoms with Crippen LogP contribution >= 0.6 is 15.9 Å². The molecule has 2 amide bonds. The lowest BCUT2D eigenvalue weighted by Gasteiger charge is -2.32. The third-order valence-electron chi connectivity index (χ3n) is 6.23. The number of hydrogen-bond donors (Lipinski definition) is 1. The van der Waals surface area contributed by atoms with Crippen LogP contribution in [0.2, 0.25) is 0 Å². The number of nitrogens with one attached hydrogen (secondary N) is 1. The van der Waals surface area contributed by atoms with Crippen LogP contribution in [-0.2, 0) is 32.6 Å². The van der Waals surface area contributed by atoms with Gasteiger partial charge < -0.3 is 10.2 Å². The molecule has 0 aliphatic heterocycles. The third kappa shape index (κ3) is 7.45. The number of carbonyl (C=O) groups excluding carboxylic acids is 2. The maximum Gasteiger partial charge on any atom is 0.264 e. The van der Waals surface area contributed by atoms with Gasteiger partial charge in [0.05, 0.1) is 10.6 Å². The van der Waals surface area contributed by atoms with E-state index < -0.39 is 28.5 Å². The summed E-state index contributed by atoms with van der Waals surface area (Å²) in [5.74, 6) is -0.770. The van der Waals surface area contributed by atoms with Crippen LogP contribution in [0.25, 0.3) is 0 Å². The van der Waals surface area contributed by atoms with E-state index in [1.54, 1.807) is 37.3 Å². The fourth-order valence-corrected chi connectivity index (χ4v) is 5.61. The fourth-order valence-electron chi connectivity index (χ4n) is 3.91. The Morgan fingerprint density at radius 3 is 2.08 bits per heavy atom. The van der Waals surface area contributed by atoms with Gasteiger partial charge in [0.15, 0.2) is 0 Å². The molecule has 3 rings (SSSR count). The van der Waals surface area contributed by atoms with Crippen LogP contribution in [-0.4, -0.2) is 44.3 Å². The normalized spacial score (nSPS) is 12.0. The average molecular weight is 601 g/mol. The van der Waals surface area contributed by atoms with Crippen molar-refractivity contribution in [2.24, 2.45) is 0 Å². The summed E-state index contributed by atoms with van der Waals surface area (Å²) in [6.45, 7) is 5.81. The van der Waals surface area contributed by atoms with Gasteiger partial charge in [0, 0.05) is 17.6 Å². The Kier molecular flexibility index (Phi) is 10.5. The van der Waals surface area contributed by atoms with Crippen molar-refractivity contribution in [1.29, 1.82) is 0 Å². The lowest BCUT2D eigenvalue weighted by molar-refractivity contribution is -0.139. The quantitative estimate of drug-likeness (QED) is 0.312. The molecule has 0 saturated heterocycles. The molecule has 0 aromatic heterocycles. The summed E-state index contributed by atoms with van der Waals surface area (Å²) in [6.07, 6.45) is 1.56. The van der Waals surface area contributed by atoms with Crippen LogP contribution < -0.4 is 9.62 Å². The summed E-state index contributed by atoms with van der Waals surface area (Å²) in [5, 5.41) is 2.84. The zero-order valence-electron chi connectivity index (χ0n) is 21.9. The second-order valence-electron chi connectivity index (χ2n) is 8.96. The first-order valence-electron chi connectivity index (χ1n) is 12.7. The van der Waals surface area contributed by atoms with Crippen LogP contribution in [0.5, 0.6) is 0 Å². The molecule has 7 nitrogen and oxygen atoms in total. The number of aryl methyl sites for hydroxylation is 1. The molecule has 0 fully saturated rings. The van der Waals surface area contributed by atoms with E-state index >= 15 is 0 Å². The minimum Gasteiger partial charge on any atom is -0.354 e. The number of halogens is 1. The molecule has 0 aliphatic carbocycles. The summed E-state index contributed by atoms with van der Waals surface area (Å²) in [6, 6.07) is 21.8. The molecule has 0 radical (unpaired) electrons. The summed E-state index contributed by atoms with van der Waals surface area (Å²) in [4.78, 5) is 28.3. The number of sulfonamides is 1. The Balaban J connectivity index is 2.00. The summed E-state index contributed by atoms with van der Waals surface area (Å²) in [7, 11) is -4.06. The largest absolute Gasteiger partial charge is 0.354 e. The lowest BCUT2D eigenvalue weighted by Crippen LogP contribution is -2.51. The molecule has 0 bridgehead atoms. The van der Waals surface area contributed by atoms with Gasteiger partial charge in [-0.05, 0) is 67.3 Å². The lowest BCUT2D eigenvalue weighted by atomic mass is 10.1. The fraction of sp³-hybridized carbons (Fsp3) is 0.310. The van der Waals surface area contributed by atoms with Crippen molar-refractivity contribution in [3.63, 3.8) is 0 Å². The predicted molar refractivity (Wildman–Crippen MR) is 154 cm³/mol. The van der Waals surface area contributed by atoms with Crippen LogP contribution in [0.3, 0.4) is 0 Å². The SMILES string of the molecule is CCCNC(=O)[C@@H](C)N(Cc1ccc(Br)cc1)C(=O)CN(c1ccc(CC)cc1)S(=O)(=O)c1ccccc1. The summed E-state index contributed by atoms with van der Waals surface area (Å²) < 4.78 is 29.5. The molecular formula is C29H34BrN3O4S. The Hall–Kier alpha value is -3.17. The molecule has 0 saturated carbocycles. The standard InChI is InChI=1S/C29H34BrN3O4S/c1-4-19-31-29(35)22(3)32(20-24-11-15-25(30)16-12-24)28(34)21-33(26-17-13-23(5-2)14-18-26)38(36,37)27-9-7-6-8-10-27/h6-18,22H,4-5,19-21H2,1-3H3,(H,31,35)/t22-/m1/s1. The topological polar surface area (TPSA) is 86.8 Å². The first-order valence-corrected chi connectivity index (χ1v) is 14.9. The van der Waals surface area contributed by atoms with E-state index in [1.807, 2.05) is 50.2 Å². The van der Waals surface area contributed by atoms with Gasteiger partial charge in [-0.3, -0.25) is 13.9 Å². The number of hydrogen-bond acceptors (Lipinski definition) is 4. The van der Waals surface area contributed by atoms with Crippen molar-refractivity contribution >= 4 is 43.5 Å². The highest BCUT2D eigenvalue weighted by atomic mass is 79.9. The van der Waals surface area contributed by atoms with E-state index in [9.17, 15) is 18.0 Å². The Labute approximate surface area is 234 Å². The van der Waals surface area contributed by atoms with Crippen LogP contribution in [0, 0.1) is 0 Å². The minimum atomic E-state index is -4.06. The van der Waals surface area contributed by atoms with E-state index in [0.717, 1.165) is 32.7 Å². The molecule has 0 heterocycles. The molecule has 1 N–H and O–H groups in total. The first kappa shape index (κ1) is 29.4. The predicted octanol–water partition coefficient (Wildman–Crippen LogP) is 5.15. The second-order valence-corrected chi connectivity index (χ2v) is 11.7. The number of nitrogens with zero attached hydrogens (tertiary/aromatic N) is 2. The molecule has 0 aliphatic rings. The van der Waals surface area contributed by atoms with Gasteiger partial charge in [0.25, 0.3) is 10.0 Å². The highest BCUT2D eigenvalue weighted by Gasteiger charge is 2.32. The van der Waals surface area contributed by atoms with Gasteiger partial charge in [-0.1, -0.05) is 72.2 Å². The minimum absolute atomic E-state index is 0.0839. The van der Waals surface area contributed by atoms with Crippen molar-refractivity contribution in [3.05, 3.63) is 94.5 Å². The van der Waals surface area contributed by atoms with E-state index in [-0.39, 0.29) is 17.3 Å². The zero-order valence-corrected chi connectivity index (χ0v) is 24.3. The Morgan fingerprint density at radius 1 is 0.895 bits per heavy atom. The van der Waals surface area contributed by atoms with E-state index in [1.165, 1.54) is 17.0 Å². The van der Waals surface area contributed by atoms with Crippen molar-refractivity contribution in [1.82, 2.24) is 10.2 Å². The number of carbonyl (C=O) groups is 2. The van der Waals surface area contributed by atoms with Gasteiger partial charge in [0.2, 0.25) is 11.8 Å². The van der Waals surface area contributed by atoms with Gasteiger partial charge in [-0.15, -0.1) is 0 Å². The monoisotopic (exact) mass is 599 g/mol. The van der Waals surface area contributed by atoms with Crippen LogP contribution in [0.15, 0.2) is 88.2 Å². The molecule has 202 valence electrons. The van der Waals surface area contributed by atoms with E-state index in [4.69, 9.17) is 0 Å². The number of amides is 2. The van der Waals surface area contributed by atoms with E-state index in [2.05, 4.69) is 21.2 Å². The van der Waals surface area contributed by atoms with Crippen LogP contribution in [0.4, 0.5) is 5.69 Å². The molecule has 9 heteroatoms. The van der Waals surface area contributed by atoms with Crippen LogP contribution in [0.1, 0.15) is 38.3 Å². The van der Waals surface area contributed by atoms with E-state index in [0.29, 0.717) is 12.2 Å². The summed E-state index contributed by atoms with van der Waals surface area (Å²) in [5.41, 5.74) is 2.25. The zero-order chi connectivity index (χ0) is 27.7. The smallest absolute Gasteiger partial charge is 0.264 e. The molecule has 1 atom stereocenters. The third-order valence-corrected chi connectivity index (χ3v) is 8.54. The van der Waals surface area contributed by atoms with Gasteiger partial charge in [0.1, 0.15) is 12.6 Å². The maximum absolute atomic E-state index is 13.8. The summed E-state index contributed by atoms with van der Waals surface area (Å²) >= 11 is 3.42. The highest BCUT2D eigenvalue weighted by molar-refractivity contribution is 9.10. The molecule has 38 heavy (non-hydrogen) atoms. The van der Waals surface area contributed by atoms with Crippen molar-refractivity contribution in [3.8, 4) is 0 Å². The average Bonchev–Trinajstić information content (AvgIpc) is 2.94. The molecule has 3 aromatic rings. The molecule has 0 unspecified atom stereocenters. The van der Waals surface area contributed by atoms with Gasteiger partial charge >= 0.3 is 0 Å². The maximum atomic E-state index is 13.8. The molecular weight excluding hydrogens is 566 g/mol. The first-order chi connectivity index (χ1) is 18.2. The molecule has 0 spiro atoms. The van der Waals surface area contributed by atoms with Crippen molar-refractivity contribution in [2.45, 2.75) is 51.1 Å². The number of anilines is 1. The Morgan fingerprint density at radius 2 is 1.50 bits per heavy atom. The van der Waals surface area contributed by atoms with Crippen molar-refractivity contribution < 1.29 is 18.0 Å². The second kappa shape index (κ2) is 13.6. The highest BCUT2D eigenvalue weighted by Crippen LogP contribution is 2.25. The van der Waals surface area contributed by atoms with Gasteiger partial charge in [-0.25, -0.2) is 8.42 Å².